The van der Waals surface area contributed by atoms with Gasteiger partial charge in [0, 0.05) is 30.2 Å². The van der Waals surface area contributed by atoms with Gasteiger partial charge < -0.3 is 10.6 Å². The van der Waals surface area contributed by atoms with Gasteiger partial charge in [0.25, 0.3) is 5.91 Å². The molecule has 0 saturated heterocycles. The Kier molecular flexibility index (Phi) is 5.10. The third-order valence-electron chi connectivity index (χ3n) is 4.57. The zero-order valence-corrected chi connectivity index (χ0v) is 14.6. The molecule has 0 radical (unpaired) electrons. The van der Waals surface area contributed by atoms with E-state index in [0.29, 0.717) is 18.7 Å². The molecule has 3 aromatic rings. The predicted octanol–water partition coefficient (Wildman–Crippen LogP) is 3.76. The highest BCUT2D eigenvalue weighted by Crippen LogP contribution is 2.26. The van der Waals surface area contributed by atoms with Crippen molar-refractivity contribution in [3.05, 3.63) is 77.5 Å². The summed E-state index contributed by atoms with van der Waals surface area (Å²) >= 11 is 0. The minimum absolute atomic E-state index is 0.0527. The number of hydrogen-bond donors (Lipinski definition) is 1. The van der Waals surface area contributed by atoms with Crippen LogP contribution >= 0.6 is 0 Å². The Balaban J connectivity index is 1.90. The number of carbonyl (C=O) groups excluding carboxylic acids is 1. The van der Waals surface area contributed by atoms with Crippen LogP contribution in [-0.2, 0) is 0 Å². The number of nitrogens with two attached hydrogens (primary N) is 1. The van der Waals surface area contributed by atoms with E-state index in [4.69, 9.17) is 5.73 Å². The van der Waals surface area contributed by atoms with E-state index in [1.807, 2.05) is 73.3 Å². The van der Waals surface area contributed by atoms with E-state index >= 15 is 0 Å². The van der Waals surface area contributed by atoms with Crippen LogP contribution in [0, 0.1) is 0 Å². The van der Waals surface area contributed by atoms with E-state index in [1.54, 1.807) is 6.20 Å². The summed E-state index contributed by atoms with van der Waals surface area (Å²) in [5.41, 5.74) is 10.0. The second-order valence-corrected chi connectivity index (χ2v) is 6.00. The molecule has 0 spiro atoms. The molecule has 2 aromatic carbocycles. The Hall–Kier alpha value is -2.72. The van der Waals surface area contributed by atoms with Gasteiger partial charge in [-0.3, -0.25) is 9.78 Å². The van der Waals surface area contributed by atoms with Gasteiger partial charge in [-0.2, -0.15) is 0 Å². The second kappa shape index (κ2) is 7.45. The van der Waals surface area contributed by atoms with Gasteiger partial charge in [0.2, 0.25) is 0 Å². The van der Waals surface area contributed by atoms with E-state index in [1.165, 1.54) is 0 Å². The Labute approximate surface area is 148 Å². The Morgan fingerprint density at radius 3 is 2.40 bits per heavy atom. The number of rotatable bonds is 5. The lowest BCUT2D eigenvalue weighted by Crippen LogP contribution is -2.30. The first kappa shape index (κ1) is 17.1. The van der Waals surface area contributed by atoms with Crippen molar-refractivity contribution in [2.24, 2.45) is 5.73 Å². The molecule has 1 amide bonds. The summed E-state index contributed by atoms with van der Waals surface area (Å²) in [6.45, 7) is 5.38. The number of carbonyl (C=O) groups is 1. The maximum atomic E-state index is 12.4. The molecule has 1 heterocycles. The first-order chi connectivity index (χ1) is 12.2. The average Bonchev–Trinajstić information content (AvgIpc) is 2.68. The quantitative estimate of drug-likeness (QED) is 0.773. The summed E-state index contributed by atoms with van der Waals surface area (Å²) in [5.74, 6) is 0.0527. The van der Waals surface area contributed by atoms with E-state index in [2.05, 4.69) is 4.98 Å². The van der Waals surface area contributed by atoms with Crippen molar-refractivity contribution >= 4 is 16.8 Å². The average molecular weight is 333 g/mol. The number of pyridine rings is 1. The Morgan fingerprint density at radius 1 is 1.04 bits per heavy atom. The molecule has 4 nitrogen and oxygen atoms in total. The molecule has 0 aliphatic rings. The lowest BCUT2D eigenvalue weighted by atomic mass is 9.96. The minimum Gasteiger partial charge on any atom is -0.339 e. The minimum atomic E-state index is -0.281. The number of aromatic nitrogens is 1. The van der Waals surface area contributed by atoms with Crippen LogP contribution in [0.15, 0.2) is 60.8 Å². The van der Waals surface area contributed by atoms with Crippen molar-refractivity contribution in [1.29, 1.82) is 0 Å². The molecule has 128 valence electrons. The van der Waals surface area contributed by atoms with Crippen molar-refractivity contribution < 1.29 is 4.79 Å². The largest absolute Gasteiger partial charge is 0.339 e. The molecule has 1 aromatic heterocycles. The fourth-order valence-corrected chi connectivity index (χ4v) is 3.08. The molecule has 25 heavy (non-hydrogen) atoms. The highest BCUT2D eigenvalue weighted by Gasteiger charge is 2.15. The summed E-state index contributed by atoms with van der Waals surface area (Å²) < 4.78 is 0. The number of nitrogens with zero attached hydrogens (tertiary/aromatic N) is 2. The topological polar surface area (TPSA) is 59.2 Å². The number of hydrogen-bond acceptors (Lipinski definition) is 3. The van der Waals surface area contributed by atoms with Crippen LogP contribution in [0.1, 0.15) is 41.4 Å². The molecule has 1 atom stereocenters. The molecule has 3 rings (SSSR count). The van der Waals surface area contributed by atoms with Crippen LogP contribution in [0.4, 0.5) is 0 Å². The second-order valence-electron chi connectivity index (χ2n) is 6.00. The molecule has 0 aliphatic carbocycles. The van der Waals surface area contributed by atoms with E-state index in [9.17, 15) is 4.79 Å². The summed E-state index contributed by atoms with van der Waals surface area (Å²) in [7, 11) is 0. The maximum absolute atomic E-state index is 12.4. The van der Waals surface area contributed by atoms with Gasteiger partial charge in [-0.05, 0) is 43.2 Å². The molecular weight excluding hydrogens is 310 g/mol. The van der Waals surface area contributed by atoms with Crippen LogP contribution in [-0.4, -0.2) is 28.9 Å². The van der Waals surface area contributed by atoms with Gasteiger partial charge in [-0.15, -0.1) is 0 Å². The summed E-state index contributed by atoms with van der Waals surface area (Å²) in [6, 6.07) is 17.3. The standard InChI is InChI=1S/C21H23N3O/c1-3-24(4-2)21(25)17-12-10-15(11-13-17)19(22)18-9-5-7-16-8-6-14-23-20(16)18/h5-14,19H,3-4,22H2,1-2H3. The van der Waals surface area contributed by atoms with Crippen molar-refractivity contribution in [2.75, 3.05) is 13.1 Å². The molecular formula is C21H23N3O. The summed E-state index contributed by atoms with van der Waals surface area (Å²) in [4.78, 5) is 18.7. The maximum Gasteiger partial charge on any atom is 0.253 e. The lowest BCUT2D eigenvalue weighted by molar-refractivity contribution is 0.0773. The third kappa shape index (κ3) is 3.39. The molecule has 1 unspecified atom stereocenters. The Morgan fingerprint density at radius 2 is 1.72 bits per heavy atom. The molecule has 0 bridgehead atoms. The number of amides is 1. The van der Waals surface area contributed by atoms with Gasteiger partial charge in [0.05, 0.1) is 11.6 Å². The number of para-hydroxylation sites is 1. The van der Waals surface area contributed by atoms with Crippen LogP contribution in [0.2, 0.25) is 0 Å². The van der Waals surface area contributed by atoms with E-state index in [-0.39, 0.29) is 11.9 Å². The molecule has 0 aliphatic heterocycles. The van der Waals surface area contributed by atoms with E-state index < -0.39 is 0 Å². The highest BCUT2D eigenvalue weighted by atomic mass is 16.2. The van der Waals surface area contributed by atoms with Gasteiger partial charge in [0.15, 0.2) is 0 Å². The zero-order valence-electron chi connectivity index (χ0n) is 14.6. The van der Waals surface area contributed by atoms with Crippen LogP contribution < -0.4 is 5.73 Å². The third-order valence-corrected chi connectivity index (χ3v) is 4.57. The fraction of sp³-hybridized carbons (Fsp3) is 0.238. The Bertz CT molecular complexity index is 864. The van der Waals surface area contributed by atoms with Gasteiger partial charge in [-0.25, -0.2) is 0 Å². The van der Waals surface area contributed by atoms with Crippen molar-refractivity contribution in [3.8, 4) is 0 Å². The SMILES string of the molecule is CCN(CC)C(=O)c1ccc(C(N)c2cccc3cccnc23)cc1. The first-order valence-corrected chi connectivity index (χ1v) is 8.64. The normalized spacial score (nSPS) is 12.1. The fourth-order valence-electron chi connectivity index (χ4n) is 3.08. The van der Waals surface area contributed by atoms with Crippen LogP contribution in [0.3, 0.4) is 0 Å². The monoisotopic (exact) mass is 333 g/mol. The van der Waals surface area contributed by atoms with Crippen LogP contribution in [0.5, 0.6) is 0 Å². The number of fused-ring (bicyclic) bond motifs is 1. The molecule has 2 N–H and O–H groups in total. The summed E-state index contributed by atoms with van der Waals surface area (Å²) in [6.07, 6.45) is 1.78. The molecule has 0 saturated carbocycles. The highest BCUT2D eigenvalue weighted by molar-refractivity contribution is 5.94. The van der Waals surface area contributed by atoms with E-state index in [0.717, 1.165) is 22.0 Å². The zero-order chi connectivity index (χ0) is 17.8. The molecule has 4 heteroatoms. The first-order valence-electron chi connectivity index (χ1n) is 8.64. The van der Waals surface area contributed by atoms with Gasteiger partial charge in [-0.1, -0.05) is 36.4 Å². The van der Waals surface area contributed by atoms with Crippen molar-refractivity contribution in [3.63, 3.8) is 0 Å². The lowest BCUT2D eigenvalue weighted by Gasteiger charge is -2.19. The van der Waals surface area contributed by atoms with Gasteiger partial charge in [0.1, 0.15) is 0 Å². The van der Waals surface area contributed by atoms with Gasteiger partial charge >= 0.3 is 0 Å². The molecule has 0 fully saturated rings. The van der Waals surface area contributed by atoms with Crippen LogP contribution in [0.25, 0.3) is 10.9 Å². The smallest absolute Gasteiger partial charge is 0.253 e. The number of benzene rings is 2. The summed E-state index contributed by atoms with van der Waals surface area (Å²) in [5, 5.41) is 1.07. The van der Waals surface area contributed by atoms with Crippen molar-refractivity contribution in [2.45, 2.75) is 19.9 Å². The predicted molar refractivity (Wildman–Crippen MR) is 101 cm³/mol. The van der Waals surface area contributed by atoms with Crippen molar-refractivity contribution in [1.82, 2.24) is 9.88 Å².